The second-order valence-corrected chi connectivity index (χ2v) is 7.51. The number of fused-ring (bicyclic) bond motifs is 1. The molecule has 0 bridgehead atoms. The molecule has 0 spiro atoms. The zero-order chi connectivity index (χ0) is 21.8. The molecule has 1 aromatic heterocycles. The van der Waals surface area contributed by atoms with Crippen molar-refractivity contribution in [3.05, 3.63) is 76.0 Å². The standard InChI is InChI=1S/C22H22ClN5O3/c1-3-12-30-21(29)19-14(2)24-22-25-26-27-28(22)20(19)15-8-10-17(11-9-15)31-13-16-6-4-5-7-18(16)23/h4-11,20H,3,12-13H2,1-2H3,(H,24,25,27). The molecule has 0 aliphatic carbocycles. The number of benzene rings is 2. The van der Waals surface area contributed by atoms with E-state index in [1.165, 1.54) is 0 Å². The van der Waals surface area contributed by atoms with Gasteiger partial charge in [-0.05, 0) is 47.5 Å². The molecule has 1 unspecified atom stereocenters. The van der Waals surface area contributed by atoms with Crippen LogP contribution in [0.2, 0.25) is 5.02 Å². The number of halogens is 1. The van der Waals surface area contributed by atoms with Crippen molar-refractivity contribution >= 4 is 23.5 Å². The van der Waals surface area contributed by atoms with Crippen LogP contribution in [0.5, 0.6) is 5.75 Å². The van der Waals surface area contributed by atoms with E-state index in [-0.39, 0.29) is 0 Å². The molecular weight excluding hydrogens is 418 g/mol. The number of hydrogen-bond donors (Lipinski definition) is 1. The zero-order valence-corrected chi connectivity index (χ0v) is 18.0. The van der Waals surface area contributed by atoms with Crippen LogP contribution in [0.25, 0.3) is 0 Å². The second kappa shape index (κ2) is 9.18. The fourth-order valence-electron chi connectivity index (χ4n) is 3.38. The molecule has 9 heteroatoms. The molecular formula is C22H22ClN5O3. The van der Waals surface area contributed by atoms with Crippen LogP contribution < -0.4 is 10.1 Å². The predicted molar refractivity (Wildman–Crippen MR) is 116 cm³/mol. The minimum absolute atomic E-state index is 0.347. The van der Waals surface area contributed by atoms with Gasteiger partial charge in [-0.25, -0.2) is 4.79 Å². The molecule has 0 saturated carbocycles. The topological polar surface area (TPSA) is 91.2 Å². The van der Waals surface area contributed by atoms with Gasteiger partial charge >= 0.3 is 5.97 Å². The first-order valence-corrected chi connectivity index (χ1v) is 10.3. The number of anilines is 1. The molecule has 0 radical (unpaired) electrons. The highest BCUT2D eigenvalue weighted by molar-refractivity contribution is 6.31. The molecule has 0 saturated heterocycles. The molecule has 3 aromatic rings. The van der Waals surface area contributed by atoms with Crippen molar-refractivity contribution in [2.24, 2.45) is 0 Å². The highest BCUT2D eigenvalue weighted by Crippen LogP contribution is 2.35. The van der Waals surface area contributed by atoms with Crippen LogP contribution in [-0.4, -0.2) is 32.8 Å². The number of ether oxygens (including phenoxy) is 2. The lowest BCUT2D eigenvalue weighted by Crippen LogP contribution is -2.29. The number of carbonyl (C=O) groups excluding carboxylic acids is 1. The SMILES string of the molecule is CCCOC(=O)C1=C(C)Nc2nnnn2C1c1ccc(OCc2ccccc2Cl)cc1. The third kappa shape index (κ3) is 4.39. The van der Waals surface area contributed by atoms with E-state index in [0.717, 1.165) is 17.5 Å². The lowest BCUT2D eigenvalue weighted by Gasteiger charge is -2.27. The molecule has 2 aromatic carbocycles. The minimum Gasteiger partial charge on any atom is -0.489 e. The largest absolute Gasteiger partial charge is 0.489 e. The Hall–Kier alpha value is -3.39. The van der Waals surface area contributed by atoms with Gasteiger partial charge in [-0.2, -0.15) is 4.68 Å². The quantitative estimate of drug-likeness (QED) is 0.553. The normalized spacial score (nSPS) is 15.3. The Bertz CT molecular complexity index is 1110. The number of aromatic nitrogens is 4. The maximum absolute atomic E-state index is 12.8. The summed E-state index contributed by atoms with van der Waals surface area (Å²) in [5, 5.41) is 15.5. The summed E-state index contributed by atoms with van der Waals surface area (Å²) in [6.45, 7) is 4.47. The van der Waals surface area contributed by atoms with Crippen molar-refractivity contribution in [3.8, 4) is 5.75 Å². The fourth-order valence-corrected chi connectivity index (χ4v) is 3.57. The number of tetrazole rings is 1. The average molecular weight is 440 g/mol. The Morgan fingerprint density at radius 1 is 1.19 bits per heavy atom. The first-order chi connectivity index (χ1) is 15.1. The maximum atomic E-state index is 12.8. The number of carbonyl (C=O) groups is 1. The lowest BCUT2D eigenvalue weighted by molar-refractivity contribution is -0.139. The molecule has 31 heavy (non-hydrogen) atoms. The van der Waals surface area contributed by atoms with Crippen LogP contribution in [0.15, 0.2) is 59.8 Å². The van der Waals surface area contributed by atoms with Gasteiger partial charge < -0.3 is 14.8 Å². The number of allylic oxidation sites excluding steroid dienone is 1. The number of rotatable bonds is 7. The Morgan fingerprint density at radius 3 is 2.71 bits per heavy atom. The number of hydrogen-bond acceptors (Lipinski definition) is 7. The van der Waals surface area contributed by atoms with Gasteiger partial charge in [0, 0.05) is 16.3 Å². The molecule has 1 atom stereocenters. The van der Waals surface area contributed by atoms with Crippen molar-refractivity contribution in [1.82, 2.24) is 20.2 Å². The molecule has 160 valence electrons. The smallest absolute Gasteiger partial charge is 0.338 e. The monoisotopic (exact) mass is 439 g/mol. The molecule has 1 N–H and O–H groups in total. The first kappa shape index (κ1) is 20.9. The van der Waals surface area contributed by atoms with Crippen LogP contribution in [0.1, 0.15) is 37.4 Å². The Kier molecular flexibility index (Phi) is 6.18. The number of nitrogens with zero attached hydrogens (tertiary/aromatic N) is 4. The maximum Gasteiger partial charge on any atom is 0.338 e. The van der Waals surface area contributed by atoms with Crippen molar-refractivity contribution in [3.63, 3.8) is 0 Å². The summed E-state index contributed by atoms with van der Waals surface area (Å²) in [5.41, 5.74) is 2.87. The van der Waals surface area contributed by atoms with Crippen LogP contribution in [-0.2, 0) is 16.1 Å². The molecule has 4 rings (SSSR count). The van der Waals surface area contributed by atoms with Gasteiger partial charge in [-0.1, -0.05) is 54.0 Å². The second-order valence-electron chi connectivity index (χ2n) is 7.10. The Labute approximate surface area is 184 Å². The van der Waals surface area contributed by atoms with Gasteiger partial charge in [0.1, 0.15) is 18.4 Å². The molecule has 0 fully saturated rings. The van der Waals surface area contributed by atoms with Gasteiger partial charge in [0.2, 0.25) is 5.95 Å². The highest BCUT2D eigenvalue weighted by atomic mass is 35.5. The van der Waals surface area contributed by atoms with E-state index < -0.39 is 12.0 Å². The van der Waals surface area contributed by atoms with E-state index in [9.17, 15) is 4.79 Å². The van der Waals surface area contributed by atoms with Crippen molar-refractivity contribution in [2.75, 3.05) is 11.9 Å². The van der Waals surface area contributed by atoms with Crippen LogP contribution in [0, 0.1) is 0 Å². The Balaban J connectivity index is 1.59. The summed E-state index contributed by atoms with van der Waals surface area (Å²) in [6, 6.07) is 14.5. The predicted octanol–water partition coefficient (Wildman–Crippen LogP) is 4.15. The van der Waals surface area contributed by atoms with Gasteiger partial charge in [0.05, 0.1) is 12.2 Å². The average Bonchev–Trinajstić information content (AvgIpc) is 3.24. The molecule has 0 amide bonds. The summed E-state index contributed by atoms with van der Waals surface area (Å²) in [4.78, 5) is 12.8. The fraction of sp³-hybridized carbons (Fsp3) is 0.273. The highest BCUT2D eigenvalue weighted by Gasteiger charge is 2.34. The summed E-state index contributed by atoms with van der Waals surface area (Å²) in [6.07, 6.45) is 0.740. The first-order valence-electron chi connectivity index (χ1n) is 9.97. The van der Waals surface area contributed by atoms with Crippen LogP contribution in [0.3, 0.4) is 0 Å². The van der Waals surface area contributed by atoms with Crippen molar-refractivity contribution in [1.29, 1.82) is 0 Å². The van der Waals surface area contributed by atoms with Crippen molar-refractivity contribution in [2.45, 2.75) is 32.9 Å². The van der Waals surface area contributed by atoms with E-state index >= 15 is 0 Å². The number of nitrogens with one attached hydrogen (secondary N) is 1. The minimum atomic E-state index is -0.506. The summed E-state index contributed by atoms with van der Waals surface area (Å²) in [5.74, 6) is 0.760. The molecule has 8 nitrogen and oxygen atoms in total. The van der Waals surface area contributed by atoms with E-state index in [2.05, 4.69) is 20.8 Å². The number of esters is 1. The third-order valence-corrected chi connectivity index (χ3v) is 5.29. The van der Waals surface area contributed by atoms with Crippen LogP contribution >= 0.6 is 11.6 Å². The Morgan fingerprint density at radius 2 is 1.97 bits per heavy atom. The van der Waals surface area contributed by atoms with Gasteiger partial charge in [-0.3, -0.25) is 0 Å². The van der Waals surface area contributed by atoms with Gasteiger partial charge in [0.15, 0.2) is 0 Å². The zero-order valence-electron chi connectivity index (χ0n) is 17.2. The van der Waals surface area contributed by atoms with E-state index in [0.29, 0.717) is 41.2 Å². The van der Waals surface area contributed by atoms with Crippen LogP contribution in [0.4, 0.5) is 5.95 Å². The summed E-state index contributed by atoms with van der Waals surface area (Å²) < 4.78 is 12.9. The van der Waals surface area contributed by atoms with Gasteiger partial charge in [-0.15, -0.1) is 0 Å². The van der Waals surface area contributed by atoms with Crippen molar-refractivity contribution < 1.29 is 14.3 Å². The molecule has 2 heterocycles. The van der Waals surface area contributed by atoms with E-state index in [4.69, 9.17) is 21.1 Å². The van der Waals surface area contributed by atoms with E-state index in [1.807, 2.05) is 62.4 Å². The summed E-state index contributed by atoms with van der Waals surface area (Å²) >= 11 is 6.19. The summed E-state index contributed by atoms with van der Waals surface area (Å²) in [7, 11) is 0. The van der Waals surface area contributed by atoms with Gasteiger partial charge in [0.25, 0.3) is 0 Å². The molecule has 1 aliphatic rings. The third-order valence-electron chi connectivity index (χ3n) is 4.92. The molecule has 1 aliphatic heterocycles. The lowest BCUT2D eigenvalue weighted by atomic mass is 9.96. The van der Waals surface area contributed by atoms with E-state index in [1.54, 1.807) is 4.68 Å².